The smallest absolute Gasteiger partial charge is 0.342 e. The number of ether oxygens (including phenoxy) is 1. The second-order valence-electron chi connectivity index (χ2n) is 5.95. The maximum atomic E-state index is 12.9. The molecule has 0 aliphatic heterocycles. The van der Waals surface area contributed by atoms with Crippen molar-refractivity contribution < 1.29 is 19.4 Å². The van der Waals surface area contributed by atoms with E-state index in [2.05, 4.69) is 0 Å². The molecular weight excluding hydrogens is 328 g/mol. The van der Waals surface area contributed by atoms with Crippen LogP contribution >= 0.6 is 0 Å². The van der Waals surface area contributed by atoms with E-state index in [0.29, 0.717) is 11.1 Å². The van der Waals surface area contributed by atoms with Gasteiger partial charge in [-0.25, -0.2) is 4.79 Å². The van der Waals surface area contributed by atoms with Gasteiger partial charge < -0.3 is 9.84 Å². The average molecular weight is 346 g/mol. The van der Waals surface area contributed by atoms with Crippen LogP contribution in [0.25, 0.3) is 0 Å². The molecule has 1 atom stereocenters. The predicted molar refractivity (Wildman–Crippen MR) is 98.2 cm³/mol. The minimum absolute atomic E-state index is 0.0254. The molecule has 0 aromatic heterocycles. The van der Waals surface area contributed by atoms with Crippen LogP contribution < -0.4 is 0 Å². The van der Waals surface area contributed by atoms with Crippen LogP contribution in [0.1, 0.15) is 37.9 Å². The third kappa shape index (κ3) is 3.81. The van der Waals surface area contributed by atoms with Crippen molar-refractivity contribution in [1.29, 1.82) is 0 Å². The number of aromatic hydroxyl groups is 1. The lowest BCUT2D eigenvalue weighted by molar-refractivity contribution is 0.0277. The van der Waals surface area contributed by atoms with Crippen molar-refractivity contribution in [2.45, 2.75) is 13.0 Å². The highest BCUT2D eigenvalue weighted by Gasteiger charge is 2.27. The minimum atomic E-state index is -1.09. The zero-order valence-corrected chi connectivity index (χ0v) is 14.3. The van der Waals surface area contributed by atoms with E-state index in [9.17, 15) is 14.7 Å². The summed E-state index contributed by atoms with van der Waals surface area (Å²) in [5, 5.41) is 10.0. The fourth-order valence-corrected chi connectivity index (χ4v) is 2.64. The van der Waals surface area contributed by atoms with Gasteiger partial charge in [-0.2, -0.15) is 0 Å². The van der Waals surface area contributed by atoms with Crippen LogP contribution in [0, 0.1) is 6.92 Å². The molecule has 26 heavy (non-hydrogen) atoms. The van der Waals surface area contributed by atoms with E-state index in [1.807, 2.05) is 12.1 Å². The summed E-state index contributed by atoms with van der Waals surface area (Å²) in [7, 11) is 0. The van der Waals surface area contributed by atoms with E-state index in [1.54, 1.807) is 61.5 Å². The Labute approximate surface area is 151 Å². The summed E-state index contributed by atoms with van der Waals surface area (Å²) in [5.41, 5.74) is 1.86. The first-order valence-corrected chi connectivity index (χ1v) is 8.21. The summed E-state index contributed by atoms with van der Waals surface area (Å²) in [6.07, 6.45) is -1.09. The summed E-state index contributed by atoms with van der Waals surface area (Å²) in [6, 6.07) is 22.2. The average Bonchev–Trinajstić information content (AvgIpc) is 2.67. The molecule has 0 bridgehead atoms. The zero-order valence-electron chi connectivity index (χ0n) is 14.3. The molecule has 0 amide bonds. The van der Waals surface area contributed by atoms with Crippen molar-refractivity contribution in [3.8, 4) is 5.75 Å². The number of aryl methyl sites for hydroxylation is 1. The first-order chi connectivity index (χ1) is 12.6. The Morgan fingerprint density at radius 2 is 1.50 bits per heavy atom. The lowest BCUT2D eigenvalue weighted by atomic mass is 9.99. The van der Waals surface area contributed by atoms with Crippen LogP contribution in [0.15, 0.2) is 78.9 Å². The Bertz CT molecular complexity index is 917. The van der Waals surface area contributed by atoms with Gasteiger partial charge in [0.05, 0.1) is 0 Å². The van der Waals surface area contributed by atoms with E-state index < -0.39 is 12.1 Å². The number of phenols is 1. The Balaban J connectivity index is 1.94. The van der Waals surface area contributed by atoms with E-state index in [-0.39, 0.29) is 17.1 Å². The van der Waals surface area contributed by atoms with Crippen molar-refractivity contribution in [2.75, 3.05) is 0 Å². The number of hydrogen-bond acceptors (Lipinski definition) is 4. The summed E-state index contributed by atoms with van der Waals surface area (Å²) in [6.45, 7) is 1.81. The van der Waals surface area contributed by atoms with Crippen molar-refractivity contribution in [3.63, 3.8) is 0 Å². The fourth-order valence-electron chi connectivity index (χ4n) is 2.64. The van der Waals surface area contributed by atoms with Crippen LogP contribution in [0.5, 0.6) is 5.75 Å². The number of carbonyl (C=O) groups excluding carboxylic acids is 2. The molecule has 0 fully saturated rings. The Morgan fingerprint density at radius 3 is 2.12 bits per heavy atom. The fraction of sp³-hybridized carbons (Fsp3) is 0.0909. The van der Waals surface area contributed by atoms with Crippen LogP contribution in [-0.2, 0) is 4.74 Å². The van der Waals surface area contributed by atoms with E-state index in [1.165, 1.54) is 12.1 Å². The summed E-state index contributed by atoms with van der Waals surface area (Å²) < 4.78 is 5.51. The molecule has 0 radical (unpaired) electrons. The highest BCUT2D eigenvalue weighted by molar-refractivity contribution is 6.02. The van der Waals surface area contributed by atoms with E-state index >= 15 is 0 Å². The van der Waals surface area contributed by atoms with E-state index in [4.69, 9.17) is 4.74 Å². The van der Waals surface area contributed by atoms with Crippen molar-refractivity contribution in [1.82, 2.24) is 0 Å². The molecule has 0 spiro atoms. The van der Waals surface area contributed by atoms with Gasteiger partial charge in [0.2, 0.25) is 5.78 Å². The molecule has 0 saturated carbocycles. The lowest BCUT2D eigenvalue weighted by Gasteiger charge is -2.18. The molecule has 0 aliphatic rings. The molecule has 0 aliphatic carbocycles. The SMILES string of the molecule is Cc1ccc(C(=O)O[C@H](C(=O)c2ccccc2)c2ccccc2)c(O)c1. The van der Waals surface area contributed by atoms with Gasteiger partial charge >= 0.3 is 5.97 Å². The standard InChI is InChI=1S/C22H18O4/c1-15-12-13-18(19(23)14-15)22(25)26-21(17-10-6-3-7-11-17)20(24)16-8-4-2-5-9-16/h2-14,21,23H,1H3/t21-/m0/s1. The highest BCUT2D eigenvalue weighted by Crippen LogP contribution is 2.26. The highest BCUT2D eigenvalue weighted by atomic mass is 16.5. The van der Waals surface area contributed by atoms with E-state index in [0.717, 1.165) is 5.56 Å². The lowest BCUT2D eigenvalue weighted by Crippen LogP contribution is -2.20. The number of hydrogen-bond donors (Lipinski definition) is 1. The third-order valence-corrected chi connectivity index (χ3v) is 4.00. The molecule has 0 unspecified atom stereocenters. The zero-order chi connectivity index (χ0) is 18.5. The van der Waals surface area contributed by atoms with Gasteiger partial charge in [-0.15, -0.1) is 0 Å². The Hall–Kier alpha value is -3.40. The number of carbonyl (C=O) groups is 2. The van der Waals surface area contributed by atoms with Gasteiger partial charge in [-0.05, 0) is 24.6 Å². The molecule has 0 saturated heterocycles. The van der Waals surface area contributed by atoms with Crippen molar-refractivity contribution >= 4 is 11.8 Å². The van der Waals surface area contributed by atoms with Gasteiger partial charge in [0, 0.05) is 11.1 Å². The van der Waals surface area contributed by atoms with Crippen LogP contribution in [0.4, 0.5) is 0 Å². The van der Waals surface area contributed by atoms with Crippen LogP contribution in [0.3, 0.4) is 0 Å². The van der Waals surface area contributed by atoms with Crippen molar-refractivity contribution in [2.24, 2.45) is 0 Å². The molecule has 4 heteroatoms. The maximum Gasteiger partial charge on any atom is 0.342 e. The molecule has 1 N–H and O–H groups in total. The molecule has 3 aromatic rings. The first-order valence-electron chi connectivity index (χ1n) is 8.21. The Morgan fingerprint density at radius 1 is 0.885 bits per heavy atom. The second-order valence-corrected chi connectivity index (χ2v) is 5.95. The molecule has 4 nitrogen and oxygen atoms in total. The van der Waals surface area contributed by atoms with Gasteiger partial charge in [0.25, 0.3) is 0 Å². The maximum absolute atomic E-state index is 12.9. The number of benzene rings is 3. The normalized spacial score (nSPS) is 11.6. The van der Waals surface area contributed by atoms with Crippen LogP contribution in [0.2, 0.25) is 0 Å². The van der Waals surface area contributed by atoms with Gasteiger partial charge in [-0.1, -0.05) is 66.7 Å². The third-order valence-electron chi connectivity index (χ3n) is 4.00. The summed E-state index contributed by atoms with van der Waals surface area (Å²) in [5.74, 6) is -1.24. The topological polar surface area (TPSA) is 63.6 Å². The number of phenolic OH excluding ortho intramolecular Hbond substituents is 1. The molecule has 130 valence electrons. The van der Waals surface area contributed by atoms with Crippen LogP contribution in [-0.4, -0.2) is 16.9 Å². The number of esters is 1. The van der Waals surface area contributed by atoms with Gasteiger partial charge in [0.1, 0.15) is 11.3 Å². The molecule has 3 rings (SSSR count). The number of rotatable bonds is 5. The predicted octanol–water partition coefficient (Wildman–Crippen LogP) is 4.48. The first kappa shape index (κ1) is 17.4. The van der Waals surface area contributed by atoms with Gasteiger partial charge in [0.15, 0.2) is 6.10 Å². The summed E-state index contributed by atoms with van der Waals surface area (Å²) in [4.78, 5) is 25.5. The quantitative estimate of drug-likeness (QED) is 0.546. The second kappa shape index (κ2) is 7.66. The number of ketones is 1. The largest absolute Gasteiger partial charge is 0.507 e. The number of Topliss-reactive ketones (excluding diaryl/α,β-unsaturated/α-hetero) is 1. The monoisotopic (exact) mass is 346 g/mol. The van der Waals surface area contributed by atoms with Gasteiger partial charge in [-0.3, -0.25) is 4.79 Å². The molecule has 0 heterocycles. The molecule has 3 aromatic carbocycles. The summed E-state index contributed by atoms with van der Waals surface area (Å²) >= 11 is 0. The van der Waals surface area contributed by atoms with Crippen molar-refractivity contribution in [3.05, 3.63) is 101 Å². The Kier molecular flexibility index (Phi) is 5.13. The minimum Gasteiger partial charge on any atom is -0.507 e. The molecular formula is C22H18O4.